The van der Waals surface area contributed by atoms with Crippen molar-refractivity contribution in [3.8, 4) is 0 Å². The molecule has 0 bridgehead atoms. The third kappa shape index (κ3) is 4.01. The molecule has 0 radical (unpaired) electrons. The predicted octanol–water partition coefficient (Wildman–Crippen LogP) is 4.61. The molecule has 2 atom stereocenters. The number of benzene rings is 2. The van der Waals surface area contributed by atoms with Gasteiger partial charge in [-0.1, -0.05) is 31.2 Å². The number of carbonyl (C=O) groups excluding carboxylic acids is 1. The standard InChI is InChI=1S/C20H18F3NO3S/c1-2-12-3-5-13(6-4-12)17(25)24-16(19(26)27)11-28-18(24)14-7-9-15(10-8-14)20(21,22)23/h3-10,16,18H,2,11H2,1H3,(H,26,27). The topological polar surface area (TPSA) is 57.6 Å². The van der Waals surface area contributed by atoms with Gasteiger partial charge in [-0.3, -0.25) is 4.79 Å². The summed E-state index contributed by atoms with van der Waals surface area (Å²) >= 11 is 1.23. The van der Waals surface area contributed by atoms with E-state index in [0.29, 0.717) is 11.1 Å². The Morgan fingerprint density at radius 2 is 1.71 bits per heavy atom. The average Bonchev–Trinajstić information content (AvgIpc) is 3.12. The molecule has 0 spiro atoms. The summed E-state index contributed by atoms with van der Waals surface area (Å²) in [6.07, 6.45) is -3.65. The highest BCUT2D eigenvalue weighted by molar-refractivity contribution is 7.99. The molecular formula is C20H18F3NO3S. The minimum Gasteiger partial charge on any atom is -0.480 e. The normalized spacial score (nSPS) is 19.6. The van der Waals surface area contributed by atoms with Gasteiger partial charge in [-0.15, -0.1) is 11.8 Å². The summed E-state index contributed by atoms with van der Waals surface area (Å²) in [6.45, 7) is 1.98. The molecule has 0 aliphatic carbocycles. The zero-order valence-electron chi connectivity index (χ0n) is 14.9. The quantitative estimate of drug-likeness (QED) is 0.801. The molecule has 1 aliphatic heterocycles. The number of amides is 1. The van der Waals surface area contributed by atoms with Crippen molar-refractivity contribution in [2.24, 2.45) is 0 Å². The minimum absolute atomic E-state index is 0.166. The van der Waals surface area contributed by atoms with E-state index < -0.39 is 35.0 Å². The highest BCUT2D eigenvalue weighted by atomic mass is 32.2. The summed E-state index contributed by atoms with van der Waals surface area (Å²) in [4.78, 5) is 25.9. The number of carbonyl (C=O) groups is 2. The van der Waals surface area contributed by atoms with Gasteiger partial charge < -0.3 is 10.0 Å². The first-order valence-electron chi connectivity index (χ1n) is 8.65. The second kappa shape index (κ2) is 7.87. The van der Waals surface area contributed by atoms with Gasteiger partial charge in [0, 0.05) is 11.3 Å². The molecule has 8 heteroatoms. The number of thioether (sulfide) groups is 1. The van der Waals surface area contributed by atoms with Crippen LogP contribution in [0.25, 0.3) is 0 Å². The van der Waals surface area contributed by atoms with Crippen molar-refractivity contribution in [2.45, 2.75) is 30.9 Å². The monoisotopic (exact) mass is 409 g/mol. The molecule has 0 aromatic heterocycles. The van der Waals surface area contributed by atoms with Crippen LogP contribution in [0.1, 0.15) is 39.3 Å². The van der Waals surface area contributed by atoms with Crippen LogP contribution in [0.15, 0.2) is 48.5 Å². The van der Waals surface area contributed by atoms with Crippen molar-refractivity contribution in [1.82, 2.24) is 4.90 Å². The number of carboxylic acid groups (broad SMARTS) is 1. The van der Waals surface area contributed by atoms with Gasteiger partial charge in [-0.25, -0.2) is 4.79 Å². The van der Waals surface area contributed by atoms with Crippen LogP contribution in [-0.2, 0) is 17.4 Å². The number of hydrogen-bond acceptors (Lipinski definition) is 3. The Bertz CT molecular complexity index is 866. The number of aryl methyl sites for hydroxylation is 1. The van der Waals surface area contributed by atoms with E-state index in [1.807, 2.05) is 6.92 Å². The largest absolute Gasteiger partial charge is 0.480 e. The van der Waals surface area contributed by atoms with Gasteiger partial charge in [0.25, 0.3) is 5.91 Å². The van der Waals surface area contributed by atoms with E-state index in [4.69, 9.17) is 0 Å². The first kappa shape index (κ1) is 20.3. The van der Waals surface area contributed by atoms with Gasteiger partial charge in [0.1, 0.15) is 11.4 Å². The molecule has 148 valence electrons. The molecule has 4 nitrogen and oxygen atoms in total. The molecule has 1 N–H and O–H groups in total. The predicted molar refractivity (Wildman–Crippen MR) is 100 cm³/mol. The van der Waals surface area contributed by atoms with Crippen LogP contribution in [0.3, 0.4) is 0 Å². The fraction of sp³-hybridized carbons (Fsp3) is 0.300. The van der Waals surface area contributed by atoms with Crippen LogP contribution < -0.4 is 0 Å². The molecule has 1 heterocycles. The van der Waals surface area contributed by atoms with Crippen molar-refractivity contribution in [3.05, 3.63) is 70.8 Å². The zero-order chi connectivity index (χ0) is 20.5. The highest BCUT2D eigenvalue weighted by Crippen LogP contribution is 2.43. The molecule has 1 fully saturated rings. The van der Waals surface area contributed by atoms with Crippen molar-refractivity contribution in [3.63, 3.8) is 0 Å². The van der Waals surface area contributed by atoms with Crippen molar-refractivity contribution < 1.29 is 27.9 Å². The van der Waals surface area contributed by atoms with E-state index in [0.717, 1.165) is 24.1 Å². The van der Waals surface area contributed by atoms with Gasteiger partial charge in [0.2, 0.25) is 0 Å². The van der Waals surface area contributed by atoms with Crippen molar-refractivity contribution in [1.29, 1.82) is 0 Å². The highest BCUT2D eigenvalue weighted by Gasteiger charge is 2.43. The maximum atomic E-state index is 13.0. The summed E-state index contributed by atoms with van der Waals surface area (Å²) in [6, 6.07) is 10.3. The summed E-state index contributed by atoms with van der Waals surface area (Å²) in [5, 5.41) is 8.86. The maximum Gasteiger partial charge on any atom is 0.416 e. The Hall–Kier alpha value is -2.48. The number of aliphatic carboxylic acids is 1. The summed E-state index contributed by atoms with van der Waals surface area (Å²) in [5.74, 6) is -1.43. The molecule has 2 aromatic carbocycles. The summed E-state index contributed by atoms with van der Waals surface area (Å²) in [5.41, 5.74) is 1.06. The lowest BCUT2D eigenvalue weighted by Crippen LogP contribution is -2.43. The van der Waals surface area contributed by atoms with E-state index in [1.165, 1.54) is 28.8 Å². The van der Waals surface area contributed by atoms with E-state index in [-0.39, 0.29) is 5.75 Å². The molecule has 0 saturated carbocycles. The minimum atomic E-state index is -4.46. The molecule has 1 saturated heterocycles. The number of rotatable bonds is 4. The number of nitrogens with zero attached hydrogens (tertiary/aromatic N) is 1. The third-order valence-electron chi connectivity index (χ3n) is 4.65. The molecular weight excluding hydrogens is 391 g/mol. The molecule has 2 aromatic rings. The van der Waals surface area contributed by atoms with Gasteiger partial charge in [-0.05, 0) is 41.8 Å². The lowest BCUT2D eigenvalue weighted by atomic mass is 10.1. The fourth-order valence-corrected chi connectivity index (χ4v) is 4.49. The number of hydrogen-bond donors (Lipinski definition) is 1. The van der Waals surface area contributed by atoms with E-state index >= 15 is 0 Å². The molecule has 3 rings (SSSR count). The van der Waals surface area contributed by atoms with Crippen LogP contribution in [-0.4, -0.2) is 33.7 Å². The SMILES string of the molecule is CCc1ccc(C(=O)N2C(C(=O)O)CSC2c2ccc(C(F)(F)F)cc2)cc1. The Labute approximate surface area is 164 Å². The lowest BCUT2D eigenvalue weighted by molar-refractivity contribution is -0.141. The van der Waals surface area contributed by atoms with Gasteiger partial charge >= 0.3 is 12.1 Å². The van der Waals surface area contributed by atoms with Crippen LogP contribution >= 0.6 is 11.8 Å². The van der Waals surface area contributed by atoms with Crippen LogP contribution in [0, 0.1) is 0 Å². The molecule has 1 aliphatic rings. The van der Waals surface area contributed by atoms with E-state index in [2.05, 4.69) is 0 Å². The Kier molecular flexibility index (Phi) is 5.69. The molecule has 1 amide bonds. The first-order chi connectivity index (χ1) is 13.2. The first-order valence-corrected chi connectivity index (χ1v) is 9.70. The summed E-state index contributed by atoms with van der Waals surface area (Å²) in [7, 11) is 0. The Balaban J connectivity index is 1.93. The van der Waals surface area contributed by atoms with Gasteiger partial charge in [0.15, 0.2) is 0 Å². The third-order valence-corrected chi connectivity index (χ3v) is 5.98. The number of alkyl halides is 3. The maximum absolute atomic E-state index is 13.0. The van der Waals surface area contributed by atoms with E-state index in [1.54, 1.807) is 24.3 Å². The Morgan fingerprint density at radius 3 is 2.21 bits per heavy atom. The van der Waals surface area contributed by atoms with Crippen molar-refractivity contribution >= 4 is 23.6 Å². The summed E-state index contributed by atoms with van der Waals surface area (Å²) < 4.78 is 38.4. The van der Waals surface area contributed by atoms with E-state index in [9.17, 15) is 27.9 Å². The second-order valence-corrected chi connectivity index (χ2v) is 7.54. The van der Waals surface area contributed by atoms with Crippen molar-refractivity contribution in [2.75, 3.05) is 5.75 Å². The second-order valence-electron chi connectivity index (χ2n) is 6.42. The van der Waals surface area contributed by atoms with Crippen LogP contribution in [0.5, 0.6) is 0 Å². The van der Waals surface area contributed by atoms with Gasteiger partial charge in [0.05, 0.1) is 5.56 Å². The van der Waals surface area contributed by atoms with Gasteiger partial charge in [-0.2, -0.15) is 13.2 Å². The fourth-order valence-electron chi connectivity index (χ4n) is 3.07. The smallest absolute Gasteiger partial charge is 0.416 e. The Morgan fingerprint density at radius 1 is 1.11 bits per heavy atom. The lowest BCUT2D eigenvalue weighted by Gasteiger charge is -2.28. The van der Waals surface area contributed by atoms with Crippen LogP contribution in [0.4, 0.5) is 13.2 Å². The number of halogens is 3. The number of carboxylic acids is 1. The zero-order valence-corrected chi connectivity index (χ0v) is 15.8. The van der Waals surface area contributed by atoms with Crippen LogP contribution in [0.2, 0.25) is 0 Å². The average molecular weight is 409 g/mol. The molecule has 28 heavy (non-hydrogen) atoms. The molecule has 2 unspecified atom stereocenters.